The van der Waals surface area contributed by atoms with Crippen molar-refractivity contribution in [3.8, 4) is 12.3 Å². The van der Waals surface area contributed by atoms with Crippen molar-refractivity contribution in [2.75, 3.05) is 12.3 Å². The number of aliphatic hydroxyl groups is 2. The number of aromatic nitrogens is 2. The quantitative estimate of drug-likeness (QED) is 0.543. The smallest absolute Gasteiger partial charge is 0.310 e. The second kappa shape index (κ2) is 6.43. The monoisotopic (exact) mass is 334 g/mol. The van der Waals surface area contributed by atoms with E-state index in [0.717, 1.165) is 0 Å². The number of halogens is 1. The number of nitrogen functional groups attached to an aromatic ring is 1. The number of fused-ring (bicyclic) bond motifs is 1. The maximum atomic E-state index is 13.3. The first-order chi connectivity index (χ1) is 11.5. The summed E-state index contributed by atoms with van der Waals surface area (Å²) in [6.45, 7) is -0.434. The minimum absolute atomic E-state index is 0.0218. The number of hydrogen-bond acceptors (Lipinski definition) is 7. The lowest BCUT2D eigenvalue weighted by Crippen LogP contribution is -2.41. The first-order valence-corrected chi connectivity index (χ1v) is 7.78. The molecule has 1 unspecified atom stereocenters. The Morgan fingerprint density at radius 2 is 2.29 bits per heavy atom. The summed E-state index contributed by atoms with van der Waals surface area (Å²) in [7, 11) is 0. The van der Waals surface area contributed by atoms with Gasteiger partial charge in [0.15, 0.2) is 11.4 Å². The number of nitrogens with zero attached hydrogens (tertiary/aromatic N) is 3. The molecule has 128 valence electrons. The molecule has 0 aliphatic carbocycles. The van der Waals surface area contributed by atoms with Gasteiger partial charge in [0.2, 0.25) is 0 Å². The van der Waals surface area contributed by atoms with E-state index in [-0.39, 0.29) is 17.8 Å². The van der Waals surface area contributed by atoms with Crippen LogP contribution in [0.2, 0.25) is 0 Å². The van der Waals surface area contributed by atoms with Crippen LogP contribution in [0, 0.1) is 24.3 Å². The van der Waals surface area contributed by atoms with Gasteiger partial charge < -0.3 is 20.7 Å². The molecule has 0 aromatic carbocycles. The molecule has 7 nitrogen and oxygen atoms in total. The van der Waals surface area contributed by atoms with Crippen LogP contribution in [0.15, 0.2) is 4.99 Å². The highest BCUT2D eigenvalue weighted by Gasteiger charge is 2.46. The first-order valence-electron chi connectivity index (χ1n) is 7.78. The molecule has 0 bridgehead atoms. The third-order valence-corrected chi connectivity index (χ3v) is 4.57. The highest BCUT2D eigenvalue weighted by molar-refractivity contribution is 5.73. The number of nitrogens with two attached hydrogens (primary N) is 1. The van der Waals surface area contributed by atoms with Gasteiger partial charge in [-0.2, -0.15) is 9.37 Å². The second-order valence-corrected chi connectivity index (χ2v) is 6.17. The van der Waals surface area contributed by atoms with Crippen molar-refractivity contribution in [1.29, 1.82) is 0 Å². The second-order valence-electron chi connectivity index (χ2n) is 6.17. The zero-order valence-electron chi connectivity index (χ0n) is 13.0. The van der Waals surface area contributed by atoms with Gasteiger partial charge in [0.05, 0.1) is 24.5 Å². The number of hydrogen-bond donors (Lipinski definition) is 3. The molecule has 3 heterocycles. The third-order valence-electron chi connectivity index (χ3n) is 4.57. The molecule has 0 radical (unpaired) electrons. The van der Waals surface area contributed by atoms with E-state index in [1.54, 1.807) is 6.21 Å². The third kappa shape index (κ3) is 2.98. The van der Waals surface area contributed by atoms with Crippen molar-refractivity contribution >= 4 is 17.7 Å². The van der Waals surface area contributed by atoms with Gasteiger partial charge in [-0.05, 0) is 25.2 Å². The molecule has 2 aliphatic rings. The molecule has 0 amide bonds. The summed E-state index contributed by atoms with van der Waals surface area (Å²) in [5, 5.41) is 19.5. The van der Waals surface area contributed by atoms with Gasteiger partial charge >= 0.3 is 6.08 Å². The largest absolute Gasteiger partial charge is 0.392 e. The Hall–Kier alpha value is -2.08. The Bertz CT molecular complexity index is 705. The first kappa shape index (κ1) is 16.8. The van der Waals surface area contributed by atoms with Gasteiger partial charge in [0.1, 0.15) is 5.69 Å². The van der Waals surface area contributed by atoms with E-state index >= 15 is 0 Å². The number of ether oxygens (including phenoxy) is 1. The van der Waals surface area contributed by atoms with Crippen LogP contribution < -0.4 is 5.73 Å². The lowest BCUT2D eigenvalue weighted by Gasteiger charge is -2.24. The summed E-state index contributed by atoms with van der Waals surface area (Å²) in [5.41, 5.74) is 5.25. The normalized spacial score (nSPS) is 32.2. The summed E-state index contributed by atoms with van der Waals surface area (Å²) in [4.78, 5) is 11.5. The fourth-order valence-corrected chi connectivity index (χ4v) is 3.22. The standard InChI is InChI=1S/C16H19FN4O3/c1-2-16(8-22)12(23)6-10(24-16)5-9-3-4-11-13(19-7-9)14(18)21-15(17)20-11/h1,7,9-10,12,22-23H,3-6,8H2,(H2,18,20,21)/t9?,10-,12-,16+/m0/s1. The van der Waals surface area contributed by atoms with E-state index in [2.05, 4.69) is 20.9 Å². The number of terminal acetylenes is 1. The molecule has 2 aliphatic heterocycles. The van der Waals surface area contributed by atoms with Gasteiger partial charge in [-0.3, -0.25) is 4.99 Å². The molecular weight excluding hydrogens is 315 g/mol. The number of aliphatic imine (C=N–C) groups is 1. The van der Waals surface area contributed by atoms with Crippen molar-refractivity contribution < 1.29 is 19.3 Å². The molecule has 1 aromatic rings. The fraction of sp³-hybridized carbons (Fsp3) is 0.562. The lowest BCUT2D eigenvalue weighted by molar-refractivity contribution is -0.0740. The lowest BCUT2D eigenvalue weighted by atomic mass is 9.93. The predicted octanol–water partition coefficient (Wildman–Crippen LogP) is 0.367. The summed E-state index contributed by atoms with van der Waals surface area (Å²) >= 11 is 0. The van der Waals surface area contributed by atoms with Gasteiger partial charge in [-0.1, -0.05) is 5.92 Å². The van der Waals surface area contributed by atoms with Gasteiger partial charge in [-0.15, -0.1) is 6.42 Å². The van der Waals surface area contributed by atoms with Gasteiger partial charge in [-0.25, -0.2) is 4.98 Å². The van der Waals surface area contributed by atoms with Crippen LogP contribution in [-0.2, 0) is 11.2 Å². The van der Waals surface area contributed by atoms with Crippen LogP contribution in [-0.4, -0.2) is 50.8 Å². The van der Waals surface area contributed by atoms with E-state index in [4.69, 9.17) is 16.9 Å². The van der Waals surface area contributed by atoms with E-state index < -0.39 is 24.4 Å². The average Bonchev–Trinajstić information content (AvgIpc) is 2.72. The Morgan fingerprint density at radius 1 is 1.50 bits per heavy atom. The highest BCUT2D eigenvalue weighted by Crippen LogP contribution is 2.35. The average molecular weight is 334 g/mol. The molecule has 0 saturated carbocycles. The molecule has 0 spiro atoms. The van der Waals surface area contributed by atoms with E-state index in [1.807, 2.05) is 0 Å². The predicted molar refractivity (Wildman–Crippen MR) is 85.1 cm³/mol. The minimum atomic E-state index is -1.34. The van der Waals surface area contributed by atoms with E-state index in [0.29, 0.717) is 37.1 Å². The van der Waals surface area contributed by atoms with Crippen molar-refractivity contribution in [3.05, 3.63) is 11.8 Å². The summed E-state index contributed by atoms with van der Waals surface area (Å²) in [6.07, 6.45) is 7.19. The summed E-state index contributed by atoms with van der Waals surface area (Å²) in [5.74, 6) is 2.41. The van der Waals surface area contributed by atoms with Crippen molar-refractivity contribution in [2.24, 2.45) is 10.9 Å². The SMILES string of the molecule is C#C[C@]1(CO)O[C@@H](CC2C=Nc3c(N)nc(F)nc3CC2)C[C@@H]1O. The fourth-order valence-electron chi connectivity index (χ4n) is 3.22. The number of aliphatic hydroxyl groups excluding tert-OH is 2. The van der Waals surface area contributed by atoms with Crippen molar-refractivity contribution in [1.82, 2.24) is 9.97 Å². The Balaban J connectivity index is 1.70. The topological polar surface area (TPSA) is 114 Å². The Morgan fingerprint density at radius 3 is 2.96 bits per heavy atom. The molecule has 4 atom stereocenters. The summed E-state index contributed by atoms with van der Waals surface area (Å²) in [6, 6.07) is 0. The maximum Gasteiger partial charge on any atom is 0.310 e. The van der Waals surface area contributed by atoms with Crippen molar-refractivity contribution in [2.45, 2.75) is 43.5 Å². The highest BCUT2D eigenvalue weighted by atomic mass is 19.1. The van der Waals surface area contributed by atoms with Crippen LogP contribution in [0.1, 0.15) is 25.0 Å². The number of rotatable bonds is 3. The zero-order chi connectivity index (χ0) is 17.3. The molecule has 24 heavy (non-hydrogen) atoms. The Kier molecular flexibility index (Phi) is 4.49. The Labute approximate surface area is 138 Å². The molecule has 1 saturated heterocycles. The molecule has 3 rings (SSSR count). The van der Waals surface area contributed by atoms with Crippen LogP contribution in [0.25, 0.3) is 0 Å². The van der Waals surface area contributed by atoms with Crippen LogP contribution >= 0.6 is 0 Å². The van der Waals surface area contributed by atoms with Crippen LogP contribution in [0.3, 0.4) is 0 Å². The van der Waals surface area contributed by atoms with Crippen molar-refractivity contribution in [3.63, 3.8) is 0 Å². The van der Waals surface area contributed by atoms with E-state index in [9.17, 15) is 14.6 Å². The number of aryl methyl sites for hydroxylation is 1. The summed E-state index contributed by atoms with van der Waals surface area (Å²) < 4.78 is 19.0. The van der Waals surface area contributed by atoms with E-state index in [1.165, 1.54) is 0 Å². The van der Waals surface area contributed by atoms with Crippen LogP contribution in [0.5, 0.6) is 0 Å². The van der Waals surface area contributed by atoms with Crippen LogP contribution in [0.4, 0.5) is 15.9 Å². The minimum Gasteiger partial charge on any atom is -0.392 e. The molecule has 8 heteroatoms. The van der Waals surface area contributed by atoms with Gasteiger partial charge in [0, 0.05) is 12.6 Å². The number of anilines is 1. The molecule has 1 aromatic heterocycles. The molecule has 4 N–H and O–H groups in total. The molecule has 1 fully saturated rings. The zero-order valence-corrected chi connectivity index (χ0v) is 13.0. The maximum absolute atomic E-state index is 13.3. The molecular formula is C16H19FN4O3. The van der Waals surface area contributed by atoms with Gasteiger partial charge in [0.25, 0.3) is 0 Å².